The summed E-state index contributed by atoms with van der Waals surface area (Å²) in [6.07, 6.45) is -3.92. The summed E-state index contributed by atoms with van der Waals surface area (Å²) in [7, 11) is 0. The lowest BCUT2D eigenvalue weighted by molar-refractivity contribution is -0.207. The monoisotopic (exact) mass is 489 g/mol. The van der Waals surface area contributed by atoms with Gasteiger partial charge in [0, 0.05) is 12.0 Å². The summed E-state index contributed by atoms with van der Waals surface area (Å²) in [5.74, 6) is -5.42. The third-order valence-corrected chi connectivity index (χ3v) is 5.41. The average molecular weight is 489 g/mol. The zero-order valence-corrected chi connectivity index (χ0v) is 18.3. The molecule has 184 valence electrons. The van der Waals surface area contributed by atoms with Crippen LogP contribution in [-0.2, 0) is 16.7 Å². The quantitative estimate of drug-likeness (QED) is 0.475. The van der Waals surface area contributed by atoms with Crippen molar-refractivity contribution in [2.45, 2.75) is 50.4 Å². The van der Waals surface area contributed by atoms with E-state index >= 15 is 8.78 Å². The van der Waals surface area contributed by atoms with Gasteiger partial charge in [0.2, 0.25) is 0 Å². The van der Waals surface area contributed by atoms with Crippen molar-refractivity contribution in [1.29, 1.82) is 0 Å². The standard InChI is InChI=1S/C22H21F6N3O3/c1-19(2)22(27,28)20(3,31-18(29)34-19)14-8-12(4-6-15(14)23)9-17(32)16-7-5-13(10-30-16)33-11-21(24,25)26/h4-8,10H,9,11H2,1-3H3,(H2,29,31)/t20-/m1/s1. The molecule has 1 aromatic heterocycles. The van der Waals surface area contributed by atoms with E-state index < -0.39 is 53.0 Å². The van der Waals surface area contributed by atoms with E-state index in [0.29, 0.717) is 0 Å². The molecular weight excluding hydrogens is 468 g/mol. The van der Waals surface area contributed by atoms with Crippen molar-refractivity contribution < 1.29 is 40.6 Å². The number of ether oxygens (including phenoxy) is 2. The van der Waals surface area contributed by atoms with Gasteiger partial charge in [0.15, 0.2) is 23.5 Å². The molecule has 34 heavy (non-hydrogen) atoms. The predicted octanol–water partition coefficient (Wildman–Crippen LogP) is 4.56. The van der Waals surface area contributed by atoms with Crippen LogP contribution in [0.2, 0.25) is 0 Å². The molecule has 1 aliphatic rings. The number of carbonyl (C=O) groups is 1. The fourth-order valence-corrected chi connectivity index (χ4v) is 3.58. The highest BCUT2D eigenvalue weighted by atomic mass is 19.4. The molecule has 6 nitrogen and oxygen atoms in total. The van der Waals surface area contributed by atoms with Crippen LogP contribution in [0.5, 0.6) is 5.75 Å². The second-order valence-corrected chi connectivity index (χ2v) is 8.41. The molecule has 1 aromatic carbocycles. The van der Waals surface area contributed by atoms with Crippen LogP contribution in [0.25, 0.3) is 0 Å². The Morgan fingerprint density at radius 1 is 1.15 bits per heavy atom. The van der Waals surface area contributed by atoms with Gasteiger partial charge in [-0.05, 0) is 50.6 Å². The van der Waals surface area contributed by atoms with Gasteiger partial charge in [0.25, 0.3) is 6.02 Å². The van der Waals surface area contributed by atoms with Crippen molar-refractivity contribution in [3.8, 4) is 5.75 Å². The number of ketones is 1. The van der Waals surface area contributed by atoms with Crippen molar-refractivity contribution in [2.24, 2.45) is 10.7 Å². The fourth-order valence-electron chi connectivity index (χ4n) is 3.58. The summed E-state index contributed by atoms with van der Waals surface area (Å²) in [5, 5.41) is 0. The van der Waals surface area contributed by atoms with Gasteiger partial charge in [-0.25, -0.2) is 14.4 Å². The van der Waals surface area contributed by atoms with Crippen molar-refractivity contribution in [3.05, 3.63) is 59.2 Å². The van der Waals surface area contributed by atoms with Crippen LogP contribution >= 0.6 is 0 Å². The van der Waals surface area contributed by atoms with Gasteiger partial charge >= 0.3 is 12.1 Å². The van der Waals surface area contributed by atoms with E-state index in [4.69, 9.17) is 10.5 Å². The number of aromatic nitrogens is 1. The van der Waals surface area contributed by atoms with Gasteiger partial charge in [0.05, 0.1) is 6.20 Å². The summed E-state index contributed by atoms with van der Waals surface area (Å²) >= 11 is 0. The first-order valence-corrected chi connectivity index (χ1v) is 9.95. The number of carbonyl (C=O) groups excluding carboxylic acids is 1. The molecule has 0 aliphatic carbocycles. The number of hydrogen-bond donors (Lipinski definition) is 1. The molecule has 12 heteroatoms. The number of aliphatic imine (C=N–C) groups is 1. The first-order chi connectivity index (χ1) is 15.6. The average Bonchev–Trinajstić information content (AvgIpc) is 2.71. The Kier molecular flexibility index (Phi) is 6.31. The fraction of sp³-hybridized carbons (Fsp3) is 0.409. The van der Waals surface area contributed by atoms with Crippen LogP contribution < -0.4 is 10.5 Å². The topological polar surface area (TPSA) is 86.8 Å². The maximum absolute atomic E-state index is 15.3. The molecule has 0 unspecified atom stereocenters. The Hall–Kier alpha value is -3.31. The Bertz CT molecular complexity index is 1120. The molecule has 0 saturated carbocycles. The molecule has 2 N–H and O–H groups in total. The number of Topliss-reactive ketones (excluding diaryl/α,β-unsaturated/α-hetero) is 1. The third-order valence-electron chi connectivity index (χ3n) is 5.41. The van der Waals surface area contributed by atoms with Crippen LogP contribution in [0.15, 0.2) is 41.5 Å². The first-order valence-electron chi connectivity index (χ1n) is 9.95. The third kappa shape index (κ3) is 4.80. The lowest BCUT2D eigenvalue weighted by Crippen LogP contribution is -2.62. The number of hydrogen-bond acceptors (Lipinski definition) is 6. The molecule has 3 rings (SSSR count). The molecule has 0 radical (unpaired) electrons. The molecule has 0 amide bonds. The van der Waals surface area contributed by atoms with Crippen LogP contribution in [-0.4, -0.2) is 41.1 Å². The number of halogens is 6. The second kappa shape index (κ2) is 8.48. The molecule has 0 spiro atoms. The van der Waals surface area contributed by atoms with E-state index in [1.54, 1.807) is 0 Å². The highest BCUT2D eigenvalue weighted by Crippen LogP contribution is 2.51. The van der Waals surface area contributed by atoms with Gasteiger partial charge in [-0.15, -0.1) is 0 Å². The van der Waals surface area contributed by atoms with Crippen LogP contribution in [0.3, 0.4) is 0 Å². The molecule has 1 atom stereocenters. The molecule has 0 saturated heterocycles. The van der Waals surface area contributed by atoms with E-state index in [1.165, 1.54) is 12.1 Å². The van der Waals surface area contributed by atoms with Gasteiger partial charge in [-0.1, -0.05) is 6.07 Å². The largest absolute Gasteiger partial charge is 0.483 e. The SMILES string of the molecule is CC1(C)OC(N)=N[C@](C)(c2cc(CC(=O)c3ccc(OCC(F)(F)F)cn3)ccc2F)C1(F)F. The summed E-state index contributed by atoms with van der Waals surface area (Å²) in [4.78, 5) is 20.1. The Morgan fingerprint density at radius 2 is 1.82 bits per heavy atom. The minimum Gasteiger partial charge on any atom is -0.483 e. The number of rotatable bonds is 6. The van der Waals surface area contributed by atoms with Crippen LogP contribution in [0, 0.1) is 5.82 Å². The summed E-state index contributed by atoms with van der Waals surface area (Å²) in [6, 6.07) is 5.06. The van der Waals surface area contributed by atoms with E-state index in [1.807, 2.05) is 0 Å². The lowest BCUT2D eigenvalue weighted by atomic mass is 9.76. The minimum atomic E-state index is -4.53. The number of pyridine rings is 1. The first kappa shape index (κ1) is 25.3. The lowest BCUT2D eigenvalue weighted by Gasteiger charge is -2.46. The Labute approximate surface area is 190 Å². The van der Waals surface area contributed by atoms with Gasteiger partial charge in [0.1, 0.15) is 17.3 Å². The second-order valence-electron chi connectivity index (χ2n) is 8.41. The molecule has 0 bridgehead atoms. The van der Waals surface area contributed by atoms with Crippen molar-refractivity contribution in [2.75, 3.05) is 6.61 Å². The molecule has 2 heterocycles. The van der Waals surface area contributed by atoms with Crippen molar-refractivity contribution >= 4 is 11.8 Å². The molecular formula is C22H21F6N3O3. The predicted molar refractivity (Wildman–Crippen MR) is 109 cm³/mol. The molecule has 2 aromatic rings. The van der Waals surface area contributed by atoms with Crippen molar-refractivity contribution in [3.63, 3.8) is 0 Å². The maximum Gasteiger partial charge on any atom is 0.422 e. The van der Waals surface area contributed by atoms with Gasteiger partial charge < -0.3 is 15.2 Å². The normalized spacial score (nSPS) is 21.4. The zero-order chi connectivity index (χ0) is 25.5. The number of benzene rings is 1. The summed E-state index contributed by atoms with van der Waals surface area (Å²) in [6.45, 7) is 1.71. The number of alkyl halides is 5. The highest BCUT2D eigenvalue weighted by molar-refractivity contribution is 5.95. The number of nitrogens with two attached hydrogens (primary N) is 1. The molecule has 0 fully saturated rings. The van der Waals surface area contributed by atoms with E-state index in [-0.39, 0.29) is 23.4 Å². The highest BCUT2D eigenvalue weighted by Gasteiger charge is 2.66. The van der Waals surface area contributed by atoms with Crippen molar-refractivity contribution in [1.82, 2.24) is 4.98 Å². The molecule has 1 aliphatic heterocycles. The summed E-state index contributed by atoms with van der Waals surface area (Å²) < 4.78 is 91.5. The Balaban J connectivity index is 1.86. The van der Waals surface area contributed by atoms with E-state index in [9.17, 15) is 22.4 Å². The van der Waals surface area contributed by atoms with E-state index in [0.717, 1.165) is 45.2 Å². The zero-order valence-electron chi connectivity index (χ0n) is 18.3. The van der Waals surface area contributed by atoms with E-state index in [2.05, 4.69) is 14.7 Å². The van der Waals surface area contributed by atoms with Crippen LogP contribution in [0.4, 0.5) is 26.3 Å². The number of amidine groups is 1. The number of nitrogens with zero attached hydrogens (tertiary/aromatic N) is 2. The smallest absolute Gasteiger partial charge is 0.422 e. The summed E-state index contributed by atoms with van der Waals surface area (Å²) in [5.41, 5.74) is 0.682. The van der Waals surface area contributed by atoms with Crippen LogP contribution in [0.1, 0.15) is 42.4 Å². The maximum atomic E-state index is 15.3. The van der Waals surface area contributed by atoms with Gasteiger partial charge in [-0.3, -0.25) is 4.79 Å². The Morgan fingerprint density at radius 3 is 2.41 bits per heavy atom. The van der Waals surface area contributed by atoms with Gasteiger partial charge in [-0.2, -0.15) is 22.0 Å². The minimum absolute atomic E-state index is 0.101.